The third-order valence-corrected chi connectivity index (χ3v) is 2.17. The van der Waals surface area contributed by atoms with E-state index in [-0.39, 0.29) is 5.54 Å². The molecule has 0 radical (unpaired) electrons. The topological polar surface area (TPSA) is 17.8 Å². The van der Waals surface area contributed by atoms with Crippen LogP contribution < -0.4 is 0 Å². The number of aromatic nitrogens is 2. The number of hydrogen-bond acceptors (Lipinski definition) is 1. The summed E-state index contributed by atoms with van der Waals surface area (Å²) in [6, 6.07) is 6.19. The molecule has 0 amide bonds. The summed E-state index contributed by atoms with van der Waals surface area (Å²) in [6.45, 7) is 6.54. The Kier molecular flexibility index (Phi) is 1.65. The molecule has 2 aliphatic rings. The summed E-state index contributed by atoms with van der Waals surface area (Å²) in [5.41, 5.74) is 1.30. The molecule has 0 aromatic heterocycles. The molecule has 2 aliphatic heterocycles. The van der Waals surface area contributed by atoms with Crippen LogP contribution in [0.3, 0.4) is 0 Å². The van der Waals surface area contributed by atoms with Crippen LogP contribution in [0.5, 0.6) is 0 Å². The minimum absolute atomic E-state index is 0.0981. The van der Waals surface area contributed by atoms with Gasteiger partial charge in [-0.2, -0.15) is 0 Å². The molecular formula is C11H14N2. The Bertz CT molecular complexity index is 382. The number of nitrogens with zero attached hydrogens (tertiary/aromatic N) is 2. The zero-order valence-corrected chi connectivity index (χ0v) is 8.28. The van der Waals surface area contributed by atoms with E-state index in [0.29, 0.717) is 0 Å². The van der Waals surface area contributed by atoms with Crippen molar-refractivity contribution in [1.29, 1.82) is 0 Å². The van der Waals surface area contributed by atoms with E-state index in [1.54, 1.807) is 0 Å². The summed E-state index contributed by atoms with van der Waals surface area (Å²) in [7, 11) is 0. The summed E-state index contributed by atoms with van der Waals surface area (Å²) < 4.78 is 2.20. The monoisotopic (exact) mass is 174 g/mol. The molecule has 0 saturated carbocycles. The van der Waals surface area contributed by atoms with Gasteiger partial charge in [-0.1, -0.05) is 0 Å². The quantitative estimate of drug-likeness (QED) is 0.600. The Balaban J connectivity index is 2.65. The molecule has 0 aliphatic carbocycles. The van der Waals surface area contributed by atoms with Gasteiger partial charge in [0.15, 0.2) is 0 Å². The van der Waals surface area contributed by atoms with Crippen LogP contribution >= 0.6 is 0 Å². The molecule has 2 heteroatoms. The second-order valence-electron chi connectivity index (χ2n) is 4.27. The zero-order valence-electron chi connectivity index (χ0n) is 8.28. The van der Waals surface area contributed by atoms with E-state index in [9.17, 15) is 0 Å². The molecule has 0 atom stereocenters. The second-order valence-corrected chi connectivity index (χ2v) is 4.27. The molecule has 2 heterocycles. The van der Waals surface area contributed by atoms with Gasteiger partial charge in [0.1, 0.15) is 5.82 Å². The predicted octanol–water partition coefficient (Wildman–Crippen LogP) is 2.74. The van der Waals surface area contributed by atoms with Gasteiger partial charge in [-0.15, -0.1) is 0 Å². The van der Waals surface area contributed by atoms with Crippen molar-refractivity contribution in [3.63, 3.8) is 0 Å². The van der Waals surface area contributed by atoms with Gasteiger partial charge in [-0.25, -0.2) is 4.98 Å². The van der Waals surface area contributed by atoms with Crippen molar-refractivity contribution in [2.75, 3.05) is 0 Å². The van der Waals surface area contributed by atoms with Crippen LogP contribution in [0.25, 0.3) is 11.4 Å². The smallest absolute Gasteiger partial charge is 0.140 e. The molecule has 68 valence electrons. The SMILES string of the molecule is CC(C)(C)n1cccc2ccnc1-2. The molecule has 0 aromatic rings. The highest BCUT2D eigenvalue weighted by Crippen LogP contribution is 2.25. The maximum atomic E-state index is 4.35. The first kappa shape index (κ1) is 8.30. The number of rotatable bonds is 0. The third kappa shape index (κ3) is 1.32. The number of pyridine rings is 1. The van der Waals surface area contributed by atoms with Crippen molar-refractivity contribution in [2.45, 2.75) is 26.3 Å². The largest absolute Gasteiger partial charge is 0.327 e. The van der Waals surface area contributed by atoms with Gasteiger partial charge in [0.25, 0.3) is 0 Å². The van der Waals surface area contributed by atoms with Crippen LogP contribution in [-0.2, 0) is 5.54 Å². The van der Waals surface area contributed by atoms with Crippen molar-refractivity contribution in [2.24, 2.45) is 0 Å². The van der Waals surface area contributed by atoms with Gasteiger partial charge in [-0.05, 0) is 39.0 Å². The van der Waals surface area contributed by atoms with E-state index in [0.717, 1.165) is 5.82 Å². The Morgan fingerprint density at radius 2 is 2.00 bits per heavy atom. The molecule has 2 nitrogen and oxygen atoms in total. The molecule has 0 fully saturated rings. The van der Waals surface area contributed by atoms with Crippen LogP contribution in [0.15, 0.2) is 30.6 Å². The van der Waals surface area contributed by atoms with Crippen molar-refractivity contribution >= 4 is 0 Å². The Morgan fingerprint density at radius 3 is 2.69 bits per heavy atom. The summed E-state index contributed by atoms with van der Waals surface area (Å²) in [5, 5.41) is 0. The van der Waals surface area contributed by atoms with Gasteiger partial charge in [0.05, 0.1) is 0 Å². The minimum atomic E-state index is 0.0981. The predicted molar refractivity (Wildman–Crippen MR) is 53.8 cm³/mol. The lowest BCUT2D eigenvalue weighted by molar-refractivity contribution is 0.396. The van der Waals surface area contributed by atoms with E-state index in [1.165, 1.54) is 5.56 Å². The van der Waals surface area contributed by atoms with Gasteiger partial charge in [0, 0.05) is 23.5 Å². The van der Waals surface area contributed by atoms with Crippen LogP contribution in [0.4, 0.5) is 0 Å². The first-order valence-corrected chi connectivity index (χ1v) is 4.51. The third-order valence-electron chi connectivity index (χ3n) is 2.17. The Labute approximate surface area is 78.6 Å². The van der Waals surface area contributed by atoms with Gasteiger partial charge < -0.3 is 4.57 Å². The van der Waals surface area contributed by atoms with Crippen molar-refractivity contribution in [1.82, 2.24) is 9.55 Å². The van der Waals surface area contributed by atoms with Crippen LogP contribution in [0.2, 0.25) is 0 Å². The van der Waals surface area contributed by atoms with E-state index >= 15 is 0 Å². The Morgan fingerprint density at radius 1 is 1.23 bits per heavy atom. The van der Waals surface area contributed by atoms with E-state index in [4.69, 9.17) is 0 Å². The molecule has 0 N–H and O–H groups in total. The first-order chi connectivity index (χ1) is 6.09. The maximum absolute atomic E-state index is 4.35. The molecule has 13 heavy (non-hydrogen) atoms. The summed E-state index contributed by atoms with van der Waals surface area (Å²) in [6.07, 6.45) is 3.93. The van der Waals surface area contributed by atoms with E-state index in [1.807, 2.05) is 12.3 Å². The van der Waals surface area contributed by atoms with Gasteiger partial charge >= 0.3 is 0 Å². The van der Waals surface area contributed by atoms with Crippen LogP contribution in [-0.4, -0.2) is 9.55 Å². The number of hydrogen-bond donors (Lipinski definition) is 0. The fraction of sp³-hybridized carbons (Fsp3) is 0.364. The fourth-order valence-electron chi connectivity index (χ4n) is 1.51. The minimum Gasteiger partial charge on any atom is -0.327 e. The van der Waals surface area contributed by atoms with Crippen molar-refractivity contribution < 1.29 is 0 Å². The van der Waals surface area contributed by atoms with Crippen LogP contribution in [0.1, 0.15) is 20.8 Å². The lowest BCUT2D eigenvalue weighted by atomic mass is 10.1. The highest BCUT2D eigenvalue weighted by atomic mass is 15.1. The van der Waals surface area contributed by atoms with E-state index in [2.05, 4.69) is 48.7 Å². The van der Waals surface area contributed by atoms with E-state index < -0.39 is 0 Å². The first-order valence-electron chi connectivity index (χ1n) is 4.51. The zero-order chi connectivity index (χ0) is 9.47. The van der Waals surface area contributed by atoms with Crippen molar-refractivity contribution in [3.05, 3.63) is 30.6 Å². The lowest BCUT2D eigenvalue weighted by Gasteiger charge is -2.25. The summed E-state index contributed by atoms with van der Waals surface area (Å²) in [4.78, 5) is 4.35. The van der Waals surface area contributed by atoms with Gasteiger partial charge in [0.2, 0.25) is 0 Å². The standard InChI is InChI=1S/C11H14N2/c1-11(2,3)13-8-4-5-9-6-7-12-10(9)13/h4-8H,1-3H3. The maximum Gasteiger partial charge on any atom is 0.140 e. The van der Waals surface area contributed by atoms with Crippen molar-refractivity contribution in [3.8, 4) is 11.4 Å². The highest BCUT2D eigenvalue weighted by Gasteiger charge is 2.17. The molecule has 0 spiro atoms. The highest BCUT2D eigenvalue weighted by molar-refractivity contribution is 5.57. The molecule has 0 aromatic carbocycles. The average molecular weight is 174 g/mol. The molecule has 0 unspecified atom stereocenters. The second kappa shape index (κ2) is 2.59. The van der Waals surface area contributed by atoms with Gasteiger partial charge in [-0.3, -0.25) is 0 Å². The average Bonchev–Trinajstić information content (AvgIpc) is 2.48. The Hall–Kier alpha value is -1.31. The van der Waals surface area contributed by atoms with Crippen LogP contribution in [0, 0.1) is 0 Å². The lowest BCUT2D eigenvalue weighted by Crippen LogP contribution is -2.23. The summed E-state index contributed by atoms with van der Waals surface area (Å²) >= 11 is 0. The normalized spacial score (nSPS) is 12.2. The molecule has 0 bridgehead atoms. The summed E-state index contributed by atoms with van der Waals surface area (Å²) in [5.74, 6) is 1.06. The fourth-order valence-corrected chi connectivity index (χ4v) is 1.51. The molecule has 0 saturated heterocycles. The number of fused-ring (bicyclic) bond motifs is 1. The molecule has 2 rings (SSSR count). The molecular weight excluding hydrogens is 160 g/mol.